The summed E-state index contributed by atoms with van der Waals surface area (Å²) in [4.78, 5) is 28.1. The second-order valence-electron chi connectivity index (χ2n) is 12.6. The monoisotopic (exact) mass is 538 g/mol. The molecule has 0 spiro atoms. The molecule has 2 aromatic rings. The second kappa shape index (κ2) is 10.4. The zero-order valence-corrected chi connectivity index (χ0v) is 24.0. The lowest BCUT2D eigenvalue weighted by Crippen LogP contribution is -2.47. The van der Waals surface area contributed by atoms with Crippen molar-refractivity contribution >= 4 is 17.9 Å². The van der Waals surface area contributed by atoms with Crippen LogP contribution >= 0.6 is 0 Å². The predicted molar refractivity (Wildman–Crippen MR) is 150 cm³/mol. The Kier molecular flexibility index (Phi) is 7.29. The van der Waals surface area contributed by atoms with E-state index >= 15 is 0 Å². The van der Waals surface area contributed by atoms with E-state index in [0.29, 0.717) is 6.54 Å². The Morgan fingerprint density at radius 2 is 1.79 bits per heavy atom. The van der Waals surface area contributed by atoms with Gasteiger partial charge >= 0.3 is 12.2 Å². The number of piperidine rings is 1. The van der Waals surface area contributed by atoms with E-state index in [9.17, 15) is 14.7 Å². The molecule has 1 unspecified atom stereocenters. The molecule has 9 heteroatoms. The van der Waals surface area contributed by atoms with Crippen molar-refractivity contribution in [1.29, 1.82) is 0 Å². The van der Waals surface area contributed by atoms with Crippen molar-refractivity contribution in [2.24, 2.45) is 0 Å². The number of ether oxygens (including phenoxy) is 2. The lowest BCUT2D eigenvalue weighted by Gasteiger charge is -2.39. The van der Waals surface area contributed by atoms with Crippen LogP contribution in [0.2, 0.25) is 0 Å². The SMILES string of the molecule is CC1C[C@H](C)c2c(ccc(-c3cnn([C@@H]4CCN(C(=O)OC(C)(C)C)[C@@H](C)C4)c3)c2OC2CCC2)N1C(=O)O. The van der Waals surface area contributed by atoms with Crippen LogP contribution in [-0.4, -0.2) is 62.3 Å². The zero-order valence-electron chi connectivity index (χ0n) is 24.0. The molecule has 5 rings (SSSR count). The normalized spacial score (nSPS) is 25.6. The molecule has 2 fully saturated rings. The molecule has 2 amide bonds. The molecule has 2 aliphatic heterocycles. The first-order valence-electron chi connectivity index (χ1n) is 14.3. The van der Waals surface area contributed by atoms with E-state index in [2.05, 4.69) is 20.0 Å². The first-order chi connectivity index (χ1) is 18.4. The fourth-order valence-corrected chi connectivity index (χ4v) is 6.21. The lowest BCUT2D eigenvalue weighted by molar-refractivity contribution is 0.00729. The van der Waals surface area contributed by atoms with E-state index in [-0.39, 0.29) is 36.2 Å². The zero-order chi connectivity index (χ0) is 28.1. The van der Waals surface area contributed by atoms with E-state index in [1.807, 2.05) is 55.6 Å². The van der Waals surface area contributed by atoms with Crippen LogP contribution in [0.25, 0.3) is 11.1 Å². The van der Waals surface area contributed by atoms with Gasteiger partial charge in [0.15, 0.2) is 0 Å². The molecule has 1 aromatic heterocycles. The number of aromatic nitrogens is 2. The van der Waals surface area contributed by atoms with Crippen molar-refractivity contribution in [3.05, 3.63) is 30.1 Å². The lowest BCUT2D eigenvalue weighted by atomic mass is 9.84. The van der Waals surface area contributed by atoms with Crippen molar-refractivity contribution in [1.82, 2.24) is 14.7 Å². The molecule has 39 heavy (non-hydrogen) atoms. The molecule has 3 heterocycles. The van der Waals surface area contributed by atoms with Crippen LogP contribution in [-0.2, 0) is 4.74 Å². The molecule has 1 saturated heterocycles. The highest BCUT2D eigenvalue weighted by Gasteiger charge is 2.37. The van der Waals surface area contributed by atoms with Gasteiger partial charge in [-0.05, 0) is 91.2 Å². The van der Waals surface area contributed by atoms with Crippen LogP contribution in [0.15, 0.2) is 24.5 Å². The summed E-state index contributed by atoms with van der Waals surface area (Å²) < 4.78 is 14.2. The highest BCUT2D eigenvalue weighted by molar-refractivity contribution is 5.91. The van der Waals surface area contributed by atoms with Gasteiger partial charge in [0.25, 0.3) is 0 Å². The molecule has 3 aliphatic rings. The highest BCUT2D eigenvalue weighted by atomic mass is 16.6. The molecule has 1 aliphatic carbocycles. The van der Waals surface area contributed by atoms with Crippen LogP contribution in [0.3, 0.4) is 0 Å². The summed E-state index contributed by atoms with van der Waals surface area (Å²) in [6.07, 6.45) is 8.44. The maximum absolute atomic E-state index is 12.7. The van der Waals surface area contributed by atoms with Gasteiger partial charge in [0.2, 0.25) is 0 Å². The van der Waals surface area contributed by atoms with Crippen molar-refractivity contribution in [3.8, 4) is 16.9 Å². The molecule has 4 atom stereocenters. The molecule has 1 aromatic carbocycles. The third kappa shape index (κ3) is 5.45. The molecule has 0 radical (unpaired) electrons. The minimum absolute atomic E-state index is 0.0392. The molecular formula is C30H42N4O5. The van der Waals surface area contributed by atoms with Crippen LogP contribution in [0, 0.1) is 0 Å². The number of likely N-dealkylation sites (tertiary alicyclic amines) is 1. The summed E-state index contributed by atoms with van der Waals surface area (Å²) >= 11 is 0. The number of hydrogen-bond donors (Lipinski definition) is 1. The summed E-state index contributed by atoms with van der Waals surface area (Å²) in [5.74, 6) is 0.976. The van der Waals surface area contributed by atoms with Gasteiger partial charge in [-0.2, -0.15) is 5.10 Å². The highest BCUT2D eigenvalue weighted by Crippen LogP contribution is 2.49. The summed E-state index contributed by atoms with van der Waals surface area (Å²) in [6.45, 7) is 12.5. The average molecular weight is 539 g/mol. The number of anilines is 1. The van der Waals surface area contributed by atoms with Gasteiger partial charge < -0.3 is 19.5 Å². The van der Waals surface area contributed by atoms with Crippen molar-refractivity contribution in [3.63, 3.8) is 0 Å². The van der Waals surface area contributed by atoms with Gasteiger partial charge in [-0.3, -0.25) is 9.58 Å². The van der Waals surface area contributed by atoms with Gasteiger partial charge in [-0.1, -0.05) is 6.92 Å². The fourth-order valence-electron chi connectivity index (χ4n) is 6.21. The van der Waals surface area contributed by atoms with Crippen LogP contribution in [0.5, 0.6) is 5.75 Å². The van der Waals surface area contributed by atoms with Crippen LogP contribution < -0.4 is 9.64 Å². The van der Waals surface area contributed by atoms with E-state index in [4.69, 9.17) is 14.6 Å². The van der Waals surface area contributed by atoms with Gasteiger partial charge in [-0.15, -0.1) is 0 Å². The molecule has 1 N–H and O–H groups in total. The van der Waals surface area contributed by atoms with Gasteiger partial charge in [0.1, 0.15) is 11.4 Å². The van der Waals surface area contributed by atoms with Crippen molar-refractivity contribution in [2.75, 3.05) is 11.4 Å². The van der Waals surface area contributed by atoms with Gasteiger partial charge in [0, 0.05) is 41.5 Å². The van der Waals surface area contributed by atoms with Crippen LogP contribution in [0.4, 0.5) is 15.3 Å². The first-order valence-corrected chi connectivity index (χ1v) is 14.3. The number of carbonyl (C=O) groups excluding carboxylic acids is 1. The van der Waals surface area contributed by atoms with E-state index in [1.54, 1.807) is 0 Å². The first kappa shape index (κ1) is 27.3. The largest absolute Gasteiger partial charge is 0.489 e. The fraction of sp³-hybridized carbons (Fsp3) is 0.633. The van der Waals surface area contributed by atoms with Gasteiger partial charge in [0.05, 0.1) is 24.0 Å². The topological polar surface area (TPSA) is 97.1 Å². The summed E-state index contributed by atoms with van der Waals surface area (Å²) in [6, 6.07) is 4.03. The summed E-state index contributed by atoms with van der Waals surface area (Å²) in [5, 5.41) is 14.7. The molecule has 1 saturated carbocycles. The quantitative estimate of drug-likeness (QED) is 0.459. The number of hydrogen-bond acceptors (Lipinski definition) is 5. The maximum atomic E-state index is 12.7. The molecular weight excluding hydrogens is 496 g/mol. The Labute approximate surface area is 231 Å². The Balaban J connectivity index is 1.42. The Hall–Kier alpha value is -3.23. The minimum atomic E-state index is -0.933. The predicted octanol–water partition coefficient (Wildman–Crippen LogP) is 6.82. The summed E-state index contributed by atoms with van der Waals surface area (Å²) in [5.41, 5.74) is 3.10. The maximum Gasteiger partial charge on any atom is 0.412 e. The van der Waals surface area contributed by atoms with E-state index < -0.39 is 11.7 Å². The van der Waals surface area contributed by atoms with Gasteiger partial charge in [-0.25, -0.2) is 9.59 Å². The number of amides is 2. The van der Waals surface area contributed by atoms with Crippen molar-refractivity contribution in [2.45, 2.75) is 116 Å². The van der Waals surface area contributed by atoms with Crippen molar-refractivity contribution < 1.29 is 24.2 Å². The van der Waals surface area contributed by atoms with E-state index in [0.717, 1.165) is 66.7 Å². The third-order valence-corrected chi connectivity index (χ3v) is 8.37. The average Bonchev–Trinajstić information content (AvgIpc) is 3.29. The van der Waals surface area contributed by atoms with Crippen LogP contribution in [0.1, 0.15) is 97.6 Å². The summed E-state index contributed by atoms with van der Waals surface area (Å²) in [7, 11) is 0. The number of nitrogens with zero attached hydrogens (tertiary/aromatic N) is 4. The molecule has 9 nitrogen and oxygen atoms in total. The smallest absolute Gasteiger partial charge is 0.412 e. The number of benzene rings is 1. The van der Waals surface area contributed by atoms with E-state index in [1.165, 1.54) is 4.90 Å². The standard InChI is InChI=1S/C30H42N4O5/c1-18-14-20(3)34(28(35)36)25-11-10-24(27(26(18)25)38-23-8-7-9-23)21-16-31-33(17-21)22-12-13-32(19(2)15-22)29(37)39-30(4,5)6/h10-11,16-20,22-23H,7-9,12-15H2,1-6H3,(H,35,36)/t18-,19-,20?,22+/m0/s1. The number of carboxylic acid groups (broad SMARTS) is 1. The Morgan fingerprint density at radius 3 is 2.41 bits per heavy atom. The Morgan fingerprint density at radius 1 is 1.05 bits per heavy atom. The number of fused-ring (bicyclic) bond motifs is 1. The Bertz CT molecular complexity index is 1230. The number of rotatable bonds is 4. The third-order valence-electron chi connectivity index (χ3n) is 8.37. The second-order valence-corrected chi connectivity index (χ2v) is 12.6. The molecule has 0 bridgehead atoms. The number of carbonyl (C=O) groups is 2. The molecule has 212 valence electrons. The minimum Gasteiger partial charge on any atom is -0.489 e.